The van der Waals surface area contributed by atoms with Gasteiger partial charge in [-0.2, -0.15) is 0 Å². The number of nitrogens with zero attached hydrogens (tertiary/aromatic N) is 4. The fraction of sp³-hybridized carbons (Fsp3) is 0.455. The zero-order chi connectivity index (χ0) is 41.4. The van der Waals surface area contributed by atoms with Crippen molar-refractivity contribution >= 4 is 46.1 Å². The van der Waals surface area contributed by atoms with Crippen LogP contribution >= 0.6 is 0 Å². The normalized spacial score (nSPS) is 18.0. The summed E-state index contributed by atoms with van der Waals surface area (Å²) in [5, 5.41) is 5.43. The molecule has 14 heteroatoms. The molecule has 0 radical (unpaired) electrons. The van der Waals surface area contributed by atoms with E-state index in [1.54, 1.807) is 0 Å². The van der Waals surface area contributed by atoms with Gasteiger partial charge in [-0.1, -0.05) is 52.0 Å². The Morgan fingerprint density at radius 3 is 1.41 bits per heavy atom. The Morgan fingerprint density at radius 2 is 1.05 bits per heavy atom. The summed E-state index contributed by atoms with van der Waals surface area (Å²) in [5.41, 5.74) is 10.0. The Morgan fingerprint density at radius 1 is 0.655 bits per heavy atom. The average molecular weight is 791 g/mol. The van der Waals surface area contributed by atoms with Gasteiger partial charge >= 0.3 is 12.2 Å². The highest BCUT2D eigenvalue weighted by atomic mass is 16.5. The zero-order valence-electron chi connectivity index (χ0n) is 34.6. The van der Waals surface area contributed by atoms with Crippen molar-refractivity contribution in [3.05, 3.63) is 71.3 Å². The molecule has 0 bridgehead atoms. The molecule has 0 unspecified atom stereocenters. The monoisotopic (exact) mass is 790 g/mol. The molecule has 58 heavy (non-hydrogen) atoms. The number of likely N-dealkylation sites (tertiary alicyclic amines) is 2. The number of carbonyl (C=O) groups excluding carboxylic acids is 4. The van der Waals surface area contributed by atoms with E-state index in [0.29, 0.717) is 13.1 Å². The van der Waals surface area contributed by atoms with E-state index in [4.69, 9.17) is 19.4 Å². The minimum Gasteiger partial charge on any atom is -0.453 e. The van der Waals surface area contributed by atoms with E-state index >= 15 is 0 Å². The first-order valence-corrected chi connectivity index (χ1v) is 20.2. The molecule has 4 heterocycles. The summed E-state index contributed by atoms with van der Waals surface area (Å²) in [7, 11) is 2.59. The zero-order valence-corrected chi connectivity index (χ0v) is 34.6. The second-order valence-electron chi connectivity index (χ2n) is 16.2. The molecule has 0 spiro atoms. The van der Waals surface area contributed by atoms with Crippen molar-refractivity contribution in [2.24, 2.45) is 11.8 Å². The molecule has 2 aliphatic rings. The van der Waals surface area contributed by atoms with Crippen LogP contribution in [0.1, 0.15) is 88.2 Å². The standard InChI is InChI=1S/C44H54N8O6/c1-23(2)37(49-43(55)57-7)41(53)51-19-9-11-35(51)39-45-31-17-13-27(21-33(31)47-39)29-15-16-30(26(6)25(29)5)28-14-18-32-34(22-28)48-40(46-32)36-12-10-20-52(36)42(54)38(24(3)4)50-44(56)58-8/h13-18,21-24,35-38H,9-12,19-20H2,1-8H3,(H,45,47)(H,46,48)(H,49,55)(H,50,56)/t35-,36-,37-,38-/m0/s1. The lowest BCUT2D eigenvalue weighted by atomic mass is 9.90. The number of fused-ring (bicyclic) bond motifs is 2. The number of amides is 4. The second-order valence-corrected chi connectivity index (χ2v) is 16.2. The number of hydrogen-bond acceptors (Lipinski definition) is 8. The number of benzene rings is 3. The highest BCUT2D eigenvalue weighted by Crippen LogP contribution is 2.38. The number of rotatable bonds is 10. The molecule has 2 aliphatic heterocycles. The fourth-order valence-corrected chi connectivity index (χ4v) is 8.53. The topological polar surface area (TPSA) is 175 Å². The van der Waals surface area contributed by atoms with E-state index in [0.717, 1.165) is 92.8 Å². The lowest BCUT2D eigenvalue weighted by molar-refractivity contribution is -0.136. The highest BCUT2D eigenvalue weighted by molar-refractivity contribution is 5.89. The Labute approximate surface area is 338 Å². The smallest absolute Gasteiger partial charge is 0.407 e. The van der Waals surface area contributed by atoms with Crippen LogP contribution in [0.15, 0.2) is 48.5 Å². The van der Waals surface area contributed by atoms with Crippen LogP contribution in [0, 0.1) is 25.7 Å². The van der Waals surface area contributed by atoms with Crippen molar-refractivity contribution in [3.63, 3.8) is 0 Å². The summed E-state index contributed by atoms with van der Waals surface area (Å²) in [6, 6.07) is 14.9. The van der Waals surface area contributed by atoms with Crippen molar-refractivity contribution in [2.45, 2.75) is 91.4 Å². The van der Waals surface area contributed by atoms with Gasteiger partial charge in [0, 0.05) is 13.1 Å². The van der Waals surface area contributed by atoms with Gasteiger partial charge in [0.05, 0.1) is 48.4 Å². The Kier molecular flexibility index (Phi) is 11.5. The largest absolute Gasteiger partial charge is 0.453 e. The molecular weight excluding hydrogens is 737 g/mol. The van der Waals surface area contributed by atoms with Gasteiger partial charge in [0.15, 0.2) is 0 Å². The van der Waals surface area contributed by atoms with Crippen molar-refractivity contribution in [2.75, 3.05) is 27.3 Å². The predicted octanol–water partition coefficient (Wildman–Crippen LogP) is 7.48. The maximum absolute atomic E-state index is 13.7. The average Bonchev–Trinajstić information content (AvgIpc) is 4.04. The fourth-order valence-electron chi connectivity index (χ4n) is 8.53. The summed E-state index contributed by atoms with van der Waals surface area (Å²) >= 11 is 0. The number of aromatic amines is 2. The molecule has 0 saturated carbocycles. The first-order chi connectivity index (χ1) is 27.8. The van der Waals surface area contributed by atoms with Gasteiger partial charge in [-0.3, -0.25) is 9.59 Å². The van der Waals surface area contributed by atoms with Crippen LogP contribution in [-0.4, -0.2) is 93.1 Å². The van der Waals surface area contributed by atoms with Gasteiger partial charge in [0.25, 0.3) is 0 Å². The van der Waals surface area contributed by atoms with Gasteiger partial charge in [0.1, 0.15) is 23.7 Å². The lowest BCUT2D eigenvalue weighted by Crippen LogP contribution is -2.51. The van der Waals surface area contributed by atoms with Crippen molar-refractivity contribution in [3.8, 4) is 22.3 Å². The summed E-state index contributed by atoms with van der Waals surface area (Å²) in [5.74, 6) is 0.975. The maximum atomic E-state index is 13.7. The van der Waals surface area contributed by atoms with E-state index < -0.39 is 24.3 Å². The number of hydrogen-bond donors (Lipinski definition) is 4. The van der Waals surface area contributed by atoms with Crippen LogP contribution in [-0.2, 0) is 19.1 Å². The Hall–Kier alpha value is -5.92. The number of aromatic nitrogens is 4. The van der Waals surface area contributed by atoms with Crippen LogP contribution in [0.4, 0.5) is 9.59 Å². The highest BCUT2D eigenvalue weighted by Gasteiger charge is 2.39. The summed E-state index contributed by atoms with van der Waals surface area (Å²) in [6.45, 7) is 13.1. The van der Waals surface area contributed by atoms with Gasteiger partial charge in [-0.15, -0.1) is 0 Å². The Balaban J connectivity index is 1.11. The van der Waals surface area contributed by atoms with Crippen LogP contribution in [0.5, 0.6) is 0 Å². The van der Waals surface area contributed by atoms with Gasteiger partial charge in [0.2, 0.25) is 11.8 Å². The van der Waals surface area contributed by atoms with E-state index in [9.17, 15) is 19.2 Å². The minimum atomic E-state index is -0.695. The summed E-state index contributed by atoms with van der Waals surface area (Å²) in [6.07, 6.45) is 2.00. The van der Waals surface area contributed by atoms with Gasteiger partial charge in [-0.25, -0.2) is 19.6 Å². The number of alkyl carbamates (subject to hydrolysis) is 2. The number of methoxy groups -OCH3 is 2. The molecule has 2 aromatic heterocycles. The van der Waals surface area contributed by atoms with Crippen LogP contribution in [0.3, 0.4) is 0 Å². The molecule has 0 aliphatic carbocycles. The van der Waals surface area contributed by atoms with Crippen LogP contribution in [0.2, 0.25) is 0 Å². The van der Waals surface area contributed by atoms with E-state index in [1.807, 2.05) is 49.6 Å². The van der Waals surface area contributed by atoms with Gasteiger partial charge < -0.3 is 39.9 Å². The second kappa shape index (κ2) is 16.5. The first kappa shape index (κ1) is 40.3. The number of imidazole rings is 2. The first-order valence-electron chi connectivity index (χ1n) is 20.2. The maximum Gasteiger partial charge on any atom is 0.407 e. The lowest BCUT2D eigenvalue weighted by Gasteiger charge is -2.29. The number of H-pyrrole nitrogens is 2. The minimum absolute atomic E-state index is 0.111. The third kappa shape index (κ3) is 7.71. The third-order valence-electron chi connectivity index (χ3n) is 11.9. The van der Waals surface area contributed by atoms with Crippen molar-refractivity contribution in [1.82, 2.24) is 40.4 Å². The summed E-state index contributed by atoms with van der Waals surface area (Å²) in [4.78, 5) is 72.0. The third-order valence-corrected chi connectivity index (χ3v) is 11.9. The molecular formula is C44H54N8O6. The quantitative estimate of drug-likeness (QED) is 0.113. The summed E-state index contributed by atoms with van der Waals surface area (Å²) < 4.78 is 9.57. The molecule has 5 aromatic rings. The molecule has 4 N–H and O–H groups in total. The van der Waals surface area contributed by atoms with Crippen LogP contribution < -0.4 is 10.6 Å². The molecule has 4 amide bonds. The van der Waals surface area contributed by atoms with E-state index in [-0.39, 0.29) is 35.7 Å². The Bertz CT molecular complexity index is 2200. The van der Waals surface area contributed by atoms with Crippen molar-refractivity contribution < 1.29 is 28.7 Å². The van der Waals surface area contributed by atoms with Crippen molar-refractivity contribution in [1.29, 1.82) is 0 Å². The van der Waals surface area contributed by atoms with Crippen LogP contribution in [0.25, 0.3) is 44.3 Å². The number of ether oxygens (including phenoxy) is 2. The molecule has 3 aromatic carbocycles. The molecule has 7 rings (SSSR count). The number of nitrogens with one attached hydrogen (secondary N) is 4. The van der Waals surface area contributed by atoms with E-state index in [1.165, 1.54) is 14.2 Å². The predicted molar refractivity (Wildman–Crippen MR) is 222 cm³/mol. The molecule has 4 atom stereocenters. The van der Waals surface area contributed by atoms with E-state index in [2.05, 4.69) is 70.8 Å². The molecule has 2 saturated heterocycles. The molecule has 14 nitrogen and oxygen atoms in total. The molecule has 2 fully saturated rings. The van der Waals surface area contributed by atoms with Gasteiger partial charge in [-0.05, 0) is 109 Å². The number of carbonyl (C=O) groups is 4. The SMILES string of the molecule is COC(=O)N[C@H](C(=O)N1CCC[C@H]1c1nc2cc(-c3ccc(-c4ccc5[nH]c([C@@H]6CCCN6C(=O)[C@@H](NC(=O)OC)C(C)C)nc5c4)c(C)c3C)ccc2[nH]1)C(C)C. The molecule has 306 valence electrons.